The van der Waals surface area contributed by atoms with E-state index in [0.29, 0.717) is 28.1 Å². The average molecular weight is 323 g/mol. The number of para-hydroxylation sites is 1. The van der Waals surface area contributed by atoms with Crippen LogP contribution in [0, 0.1) is 0 Å². The van der Waals surface area contributed by atoms with Crippen molar-refractivity contribution >= 4 is 40.6 Å². The second-order valence-corrected chi connectivity index (χ2v) is 4.82. The van der Waals surface area contributed by atoms with E-state index >= 15 is 0 Å². The molecule has 0 atom stereocenters. The molecule has 2 N–H and O–H groups in total. The first-order valence-electron chi connectivity index (χ1n) is 6.04. The van der Waals surface area contributed by atoms with Gasteiger partial charge in [0.2, 0.25) is 0 Å². The van der Waals surface area contributed by atoms with Gasteiger partial charge in [0.1, 0.15) is 11.5 Å². The first-order chi connectivity index (χ1) is 10.1. The molecule has 1 aromatic heterocycles. The molecule has 0 saturated carbocycles. The summed E-state index contributed by atoms with van der Waals surface area (Å²) in [5, 5.41) is 6.29. The van der Waals surface area contributed by atoms with E-state index in [1.807, 2.05) is 0 Å². The minimum absolute atomic E-state index is 0.162. The van der Waals surface area contributed by atoms with Gasteiger partial charge in [0.25, 0.3) is 5.91 Å². The van der Waals surface area contributed by atoms with E-state index in [2.05, 4.69) is 27.2 Å². The maximum absolute atomic E-state index is 12.1. The quantitative estimate of drug-likeness (QED) is 0.825. The Morgan fingerprint density at radius 3 is 2.52 bits per heavy atom. The van der Waals surface area contributed by atoms with Crippen LogP contribution < -0.4 is 10.6 Å². The summed E-state index contributed by atoms with van der Waals surface area (Å²) in [5.41, 5.74) is 0.511. The Balaban J connectivity index is 2.11. The predicted molar refractivity (Wildman–Crippen MR) is 85.1 cm³/mol. The van der Waals surface area contributed by atoms with Crippen LogP contribution in [0.5, 0.6) is 0 Å². The summed E-state index contributed by atoms with van der Waals surface area (Å²) in [5.74, 6) is 0.120. The first-order valence-corrected chi connectivity index (χ1v) is 6.79. The van der Waals surface area contributed by atoms with Crippen LogP contribution >= 0.6 is 23.2 Å². The van der Waals surface area contributed by atoms with E-state index in [4.69, 9.17) is 23.2 Å². The van der Waals surface area contributed by atoms with E-state index in [1.54, 1.807) is 24.3 Å². The van der Waals surface area contributed by atoms with Gasteiger partial charge in [0, 0.05) is 6.54 Å². The molecule has 0 aliphatic rings. The number of carbonyl (C=O) groups excluding carboxylic acids is 1. The van der Waals surface area contributed by atoms with Crippen LogP contribution in [0.1, 0.15) is 10.5 Å². The molecule has 21 heavy (non-hydrogen) atoms. The standard InChI is InChI=1S/C14H12Cl2N4O/c1-2-6-17-12-8-18-11(7-19-12)14(21)20-13-9(15)4-3-5-10(13)16/h2-5,7-8H,1,6H2,(H,17,19)(H,20,21). The van der Waals surface area contributed by atoms with Crippen molar-refractivity contribution in [1.29, 1.82) is 0 Å². The lowest BCUT2D eigenvalue weighted by Gasteiger charge is -2.08. The van der Waals surface area contributed by atoms with Gasteiger partial charge >= 0.3 is 0 Å². The van der Waals surface area contributed by atoms with Crippen molar-refractivity contribution in [3.05, 3.63) is 59.0 Å². The number of carbonyl (C=O) groups is 1. The molecule has 0 unspecified atom stereocenters. The molecule has 1 aromatic carbocycles. The molecule has 0 aliphatic heterocycles. The monoisotopic (exact) mass is 322 g/mol. The molecule has 7 heteroatoms. The average Bonchev–Trinajstić information content (AvgIpc) is 2.49. The molecule has 2 rings (SSSR count). The van der Waals surface area contributed by atoms with Gasteiger partial charge in [-0.05, 0) is 12.1 Å². The number of hydrogen-bond acceptors (Lipinski definition) is 4. The lowest BCUT2D eigenvalue weighted by atomic mass is 10.3. The Morgan fingerprint density at radius 2 is 1.95 bits per heavy atom. The van der Waals surface area contributed by atoms with Gasteiger partial charge in [-0.1, -0.05) is 35.3 Å². The second kappa shape index (κ2) is 7.06. The third-order valence-electron chi connectivity index (χ3n) is 2.51. The summed E-state index contributed by atoms with van der Waals surface area (Å²) in [4.78, 5) is 20.2. The van der Waals surface area contributed by atoms with Gasteiger partial charge < -0.3 is 10.6 Å². The van der Waals surface area contributed by atoms with E-state index in [9.17, 15) is 4.79 Å². The third-order valence-corrected chi connectivity index (χ3v) is 3.14. The summed E-state index contributed by atoms with van der Waals surface area (Å²) in [6.45, 7) is 4.15. The Kier molecular flexibility index (Phi) is 5.14. The molecule has 1 amide bonds. The maximum Gasteiger partial charge on any atom is 0.275 e. The van der Waals surface area contributed by atoms with Crippen molar-refractivity contribution in [3.8, 4) is 0 Å². The summed E-state index contributed by atoms with van der Waals surface area (Å²) < 4.78 is 0. The second-order valence-electron chi connectivity index (χ2n) is 4.01. The number of benzene rings is 1. The molecule has 2 aromatic rings. The maximum atomic E-state index is 12.1. The molecular formula is C14H12Cl2N4O. The van der Waals surface area contributed by atoms with Crippen LogP contribution in [0.25, 0.3) is 0 Å². The largest absolute Gasteiger partial charge is 0.365 e. The Bertz CT molecular complexity index is 638. The van der Waals surface area contributed by atoms with Crippen LogP contribution in [0.2, 0.25) is 10.0 Å². The number of hydrogen-bond donors (Lipinski definition) is 2. The van der Waals surface area contributed by atoms with E-state index in [0.717, 1.165) is 0 Å². The van der Waals surface area contributed by atoms with Crippen LogP contribution in [0.3, 0.4) is 0 Å². The summed E-state index contributed by atoms with van der Waals surface area (Å²) >= 11 is 12.0. The number of aromatic nitrogens is 2. The van der Waals surface area contributed by atoms with Crippen LogP contribution in [0.4, 0.5) is 11.5 Å². The normalized spacial score (nSPS) is 10.0. The van der Waals surface area contributed by atoms with Crippen molar-refractivity contribution in [2.45, 2.75) is 0 Å². The van der Waals surface area contributed by atoms with E-state index < -0.39 is 5.91 Å². The number of nitrogens with zero attached hydrogens (tertiary/aromatic N) is 2. The van der Waals surface area contributed by atoms with Crippen LogP contribution in [-0.2, 0) is 0 Å². The van der Waals surface area contributed by atoms with Crippen LogP contribution in [0.15, 0.2) is 43.2 Å². The number of amides is 1. The lowest BCUT2D eigenvalue weighted by Crippen LogP contribution is -2.15. The number of halogens is 2. The smallest absolute Gasteiger partial charge is 0.275 e. The number of anilines is 2. The van der Waals surface area contributed by atoms with Crippen molar-refractivity contribution in [3.63, 3.8) is 0 Å². The minimum atomic E-state index is -0.437. The summed E-state index contributed by atoms with van der Waals surface area (Å²) in [6.07, 6.45) is 4.53. The zero-order valence-corrected chi connectivity index (χ0v) is 12.4. The SMILES string of the molecule is C=CCNc1cnc(C(=O)Nc2c(Cl)cccc2Cl)cn1. The highest BCUT2D eigenvalue weighted by molar-refractivity contribution is 6.39. The van der Waals surface area contributed by atoms with E-state index in [1.165, 1.54) is 12.4 Å². The zero-order chi connectivity index (χ0) is 15.2. The summed E-state index contributed by atoms with van der Waals surface area (Å²) in [6, 6.07) is 4.97. The molecule has 0 radical (unpaired) electrons. The molecule has 0 saturated heterocycles. The Hall–Kier alpha value is -2.11. The van der Waals surface area contributed by atoms with Gasteiger partial charge in [-0.2, -0.15) is 0 Å². The van der Waals surface area contributed by atoms with Gasteiger partial charge in [-0.3, -0.25) is 4.79 Å². The lowest BCUT2D eigenvalue weighted by molar-refractivity contribution is 0.102. The van der Waals surface area contributed by atoms with Gasteiger partial charge in [0.15, 0.2) is 0 Å². The van der Waals surface area contributed by atoms with Gasteiger partial charge in [-0.25, -0.2) is 9.97 Å². The van der Waals surface area contributed by atoms with E-state index in [-0.39, 0.29) is 5.69 Å². The fourth-order valence-electron chi connectivity index (χ4n) is 1.51. The highest BCUT2D eigenvalue weighted by Crippen LogP contribution is 2.29. The molecule has 1 heterocycles. The van der Waals surface area contributed by atoms with Gasteiger partial charge in [-0.15, -0.1) is 6.58 Å². The predicted octanol–water partition coefficient (Wildman–Crippen LogP) is 3.63. The molecular weight excluding hydrogens is 311 g/mol. The Labute approximate surface area is 132 Å². The molecule has 0 aliphatic carbocycles. The van der Waals surface area contributed by atoms with Crippen molar-refractivity contribution in [1.82, 2.24) is 9.97 Å². The van der Waals surface area contributed by atoms with Crippen molar-refractivity contribution in [2.75, 3.05) is 17.2 Å². The molecule has 0 spiro atoms. The van der Waals surface area contributed by atoms with Crippen molar-refractivity contribution in [2.24, 2.45) is 0 Å². The summed E-state index contributed by atoms with van der Waals surface area (Å²) in [7, 11) is 0. The number of rotatable bonds is 5. The minimum Gasteiger partial charge on any atom is -0.365 e. The highest BCUT2D eigenvalue weighted by atomic mass is 35.5. The Morgan fingerprint density at radius 1 is 1.24 bits per heavy atom. The van der Waals surface area contributed by atoms with Crippen LogP contribution in [-0.4, -0.2) is 22.4 Å². The topological polar surface area (TPSA) is 66.9 Å². The third kappa shape index (κ3) is 3.93. The molecule has 5 nitrogen and oxygen atoms in total. The fourth-order valence-corrected chi connectivity index (χ4v) is 2.00. The number of nitrogens with one attached hydrogen (secondary N) is 2. The molecule has 0 fully saturated rings. The highest BCUT2D eigenvalue weighted by Gasteiger charge is 2.12. The fraction of sp³-hybridized carbons (Fsp3) is 0.0714. The molecule has 108 valence electrons. The molecule has 0 bridgehead atoms. The van der Waals surface area contributed by atoms with Crippen molar-refractivity contribution < 1.29 is 4.79 Å². The zero-order valence-electron chi connectivity index (χ0n) is 10.9. The van der Waals surface area contributed by atoms with Gasteiger partial charge in [0.05, 0.1) is 28.1 Å². The first kappa shape index (κ1) is 15.3.